The molecule has 0 spiro atoms. The van der Waals surface area contributed by atoms with Gasteiger partial charge in [-0.2, -0.15) is 5.10 Å². The Kier molecular flexibility index (Phi) is 5.22. The highest BCUT2D eigenvalue weighted by Crippen LogP contribution is 2.27. The second-order valence-corrected chi connectivity index (χ2v) is 7.61. The molecule has 4 heterocycles. The van der Waals surface area contributed by atoms with Crippen molar-refractivity contribution >= 4 is 5.69 Å². The summed E-state index contributed by atoms with van der Waals surface area (Å²) in [6, 6.07) is 7.95. The van der Waals surface area contributed by atoms with E-state index in [-0.39, 0.29) is 23.7 Å². The Morgan fingerprint density at radius 1 is 1.22 bits per heavy atom. The molecule has 0 aromatic carbocycles. The summed E-state index contributed by atoms with van der Waals surface area (Å²) in [6.45, 7) is 5.32. The van der Waals surface area contributed by atoms with Crippen LogP contribution in [0, 0.1) is 0 Å². The molecule has 4 rings (SSSR count). The van der Waals surface area contributed by atoms with E-state index in [1.165, 1.54) is 0 Å². The molecule has 0 bridgehead atoms. The Morgan fingerprint density at radius 2 is 2.11 bits per heavy atom. The Balaban J connectivity index is 1.49. The number of likely N-dealkylation sites (tertiary alicyclic amines) is 1. The molecule has 0 radical (unpaired) electrons. The first-order valence-corrected chi connectivity index (χ1v) is 9.78. The summed E-state index contributed by atoms with van der Waals surface area (Å²) in [5.41, 5.74) is 1.80. The average Bonchev–Trinajstić information content (AvgIpc) is 3.14. The van der Waals surface area contributed by atoms with Gasteiger partial charge in [-0.3, -0.25) is 14.7 Å². The standard InChI is InChI=1S/C20H27N5O2/c1-15(19-6-2-3-8-21-19)23-9-4-5-16(13-23)25-20(27)11-17(12-22-25)24-10-7-18(26)14-24/h2-3,6,8,11-12,15-16,18,26H,4-5,7,9-10,13-14H2,1H3/t15-,16+,18+/m1/s1. The molecular weight excluding hydrogens is 342 g/mol. The van der Waals surface area contributed by atoms with E-state index in [0.717, 1.165) is 50.3 Å². The van der Waals surface area contributed by atoms with Gasteiger partial charge in [0.1, 0.15) is 0 Å². The molecule has 7 nitrogen and oxygen atoms in total. The van der Waals surface area contributed by atoms with E-state index in [9.17, 15) is 9.90 Å². The molecular formula is C20H27N5O2. The van der Waals surface area contributed by atoms with E-state index >= 15 is 0 Å². The summed E-state index contributed by atoms with van der Waals surface area (Å²) in [5.74, 6) is 0. The highest BCUT2D eigenvalue weighted by molar-refractivity contribution is 5.44. The van der Waals surface area contributed by atoms with Crippen molar-refractivity contribution in [3.05, 3.63) is 52.7 Å². The summed E-state index contributed by atoms with van der Waals surface area (Å²) in [4.78, 5) is 21.6. The van der Waals surface area contributed by atoms with Gasteiger partial charge in [0.25, 0.3) is 5.56 Å². The van der Waals surface area contributed by atoms with Gasteiger partial charge in [0.2, 0.25) is 0 Å². The summed E-state index contributed by atoms with van der Waals surface area (Å²) >= 11 is 0. The summed E-state index contributed by atoms with van der Waals surface area (Å²) in [5, 5.41) is 14.2. The third-order valence-corrected chi connectivity index (χ3v) is 5.78. The molecule has 2 aromatic heterocycles. The molecule has 0 saturated carbocycles. The fourth-order valence-electron chi connectivity index (χ4n) is 4.18. The molecule has 0 unspecified atom stereocenters. The summed E-state index contributed by atoms with van der Waals surface area (Å²) in [6.07, 6.45) is 6.02. The van der Waals surface area contributed by atoms with Crippen molar-refractivity contribution in [3.8, 4) is 0 Å². The largest absolute Gasteiger partial charge is 0.391 e. The molecule has 3 atom stereocenters. The number of aliphatic hydroxyl groups excluding tert-OH is 1. The monoisotopic (exact) mass is 369 g/mol. The maximum Gasteiger partial charge on any atom is 0.269 e. The summed E-state index contributed by atoms with van der Waals surface area (Å²) < 4.78 is 1.63. The number of anilines is 1. The topological polar surface area (TPSA) is 74.5 Å². The third kappa shape index (κ3) is 3.89. The van der Waals surface area contributed by atoms with Crippen LogP contribution < -0.4 is 10.5 Å². The maximum atomic E-state index is 12.7. The van der Waals surface area contributed by atoms with Crippen LogP contribution in [-0.2, 0) is 0 Å². The van der Waals surface area contributed by atoms with Gasteiger partial charge in [0.05, 0.1) is 29.7 Å². The molecule has 2 fully saturated rings. The second-order valence-electron chi connectivity index (χ2n) is 7.61. The normalized spacial score (nSPS) is 24.9. The van der Waals surface area contributed by atoms with E-state index in [2.05, 4.69) is 28.0 Å². The van der Waals surface area contributed by atoms with Crippen LogP contribution in [0.25, 0.3) is 0 Å². The lowest BCUT2D eigenvalue weighted by molar-refractivity contribution is 0.125. The van der Waals surface area contributed by atoms with Crippen LogP contribution in [0.1, 0.15) is 44.0 Å². The Labute approximate surface area is 159 Å². The first-order chi connectivity index (χ1) is 13.1. The Hall–Kier alpha value is -2.25. The molecule has 7 heteroatoms. The predicted octanol–water partition coefficient (Wildman–Crippen LogP) is 1.61. The zero-order valence-electron chi connectivity index (χ0n) is 15.7. The number of nitrogens with zero attached hydrogens (tertiary/aromatic N) is 5. The zero-order chi connectivity index (χ0) is 18.8. The maximum absolute atomic E-state index is 12.7. The van der Waals surface area contributed by atoms with Crippen LogP contribution in [0.3, 0.4) is 0 Å². The number of pyridine rings is 1. The van der Waals surface area contributed by atoms with Gasteiger partial charge >= 0.3 is 0 Å². The van der Waals surface area contributed by atoms with Crippen molar-refractivity contribution in [2.45, 2.75) is 44.4 Å². The van der Waals surface area contributed by atoms with E-state index < -0.39 is 0 Å². The van der Waals surface area contributed by atoms with Crippen molar-refractivity contribution in [2.75, 3.05) is 31.1 Å². The van der Waals surface area contributed by atoms with Crippen molar-refractivity contribution in [1.29, 1.82) is 0 Å². The molecule has 27 heavy (non-hydrogen) atoms. The van der Waals surface area contributed by atoms with Crippen molar-refractivity contribution in [2.24, 2.45) is 0 Å². The third-order valence-electron chi connectivity index (χ3n) is 5.78. The molecule has 2 aromatic rings. The molecule has 2 saturated heterocycles. The van der Waals surface area contributed by atoms with E-state index in [4.69, 9.17) is 0 Å². The van der Waals surface area contributed by atoms with E-state index in [1.807, 2.05) is 23.2 Å². The van der Waals surface area contributed by atoms with Crippen molar-refractivity contribution in [3.63, 3.8) is 0 Å². The van der Waals surface area contributed by atoms with Gasteiger partial charge < -0.3 is 10.0 Å². The average molecular weight is 369 g/mol. The fraction of sp³-hybridized carbons (Fsp3) is 0.550. The van der Waals surface area contributed by atoms with Gasteiger partial charge in [-0.25, -0.2) is 4.68 Å². The van der Waals surface area contributed by atoms with Crippen molar-refractivity contribution in [1.82, 2.24) is 19.7 Å². The minimum Gasteiger partial charge on any atom is -0.391 e. The number of aliphatic hydroxyl groups is 1. The van der Waals surface area contributed by atoms with Crippen LogP contribution in [0.4, 0.5) is 5.69 Å². The minimum atomic E-state index is -0.313. The Bertz CT molecular complexity index is 825. The quantitative estimate of drug-likeness (QED) is 0.883. The molecule has 144 valence electrons. The second kappa shape index (κ2) is 7.78. The Morgan fingerprint density at radius 3 is 2.81 bits per heavy atom. The zero-order valence-corrected chi connectivity index (χ0v) is 15.7. The van der Waals surface area contributed by atoms with Gasteiger partial charge in [0.15, 0.2) is 0 Å². The van der Waals surface area contributed by atoms with Crippen LogP contribution in [-0.4, -0.2) is 57.1 Å². The highest BCUT2D eigenvalue weighted by Gasteiger charge is 2.28. The van der Waals surface area contributed by atoms with Gasteiger partial charge in [-0.1, -0.05) is 6.07 Å². The minimum absolute atomic E-state index is 0.0637. The van der Waals surface area contributed by atoms with Crippen LogP contribution in [0.15, 0.2) is 41.5 Å². The lowest BCUT2D eigenvalue weighted by atomic mass is 10.0. The van der Waals surface area contributed by atoms with Crippen LogP contribution in [0.2, 0.25) is 0 Å². The number of hydrogen-bond donors (Lipinski definition) is 1. The molecule has 0 aliphatic carbocycles. The summed E-state index contributed by atoms with van der Waals surface area (Å²) in [7, 11) is 0. The SMILES string of the molecule is C[C@H](c1ccccn1)N1CCC[C@H](n2ncc(N3CC[C@H](O)C3)cc2=O)C1. The number of rotatable bonds is 4. The van der Waals surface area contributed by atoms with Gasteiger partial charge in [0, 0.05) is 37.9 Å². The van der Waals surface area contributed by atoms with Crippen LogP contribution >= 0.6 is 0 Å². The number of β-amino-alcohol motifs (C(OH)–C–C–N with tert-alkyl or cyclic N) is 1. The molecule has 1 N–H and O–H groups in total. The number of aromatic nitrogens is 3. The number of hydrogen-bond acceptors (Lipinski definition) is 6. The molecule has 2 aliphatic rings. The smallest absolute Gasteiger partial charge is 0.269 e. The first-order valence-electron chi connectivity index (χ1n) is 9.78. The lowest BCUT2D eigenvalue weighted by Gasteiger charge is -2.36. The van der Waals surface area contributed by atoms with E-state index in [1.54, 1.807) is 16.9 Å². The predicted molar refractivity (Wildman–Crippen MR) is 104 cm³/mol. The molecule has 2 aliphatic heterocycles. The number of piperidine rings is 1. The lowest BCUT2D eigenvalue weighted by Crippen LogP contribution is -2.42. The van der Waals surface area contributed by atoms with Crippen LogP contribution in [0.5, 0.6) is 0 Å². The highest BCUT2D eigenvalue weighted by atomic mass is 16.3. The van der Waals surface area contributed by atoms with Gasteiger partial charge in [-0.05, 0) is 44.9 Å². The fourth-order valence-corrected chi connectivity index (χ4v) is 4.18. The van der Waals surface area contributed by atoms with Crippen molar-refractivity contribution < 1.29 is 5.11 Å². The van der Waals surface area contributed by atoms with E-state index in [0.29, 0.717) is 6.54 Å². The molecule has 0 amide bonds. The van der Waals surface area contributed by atoms with Gasteiger partial charge in [-0.15, -0.1) is 0 Å². The first kappa shape index (κ1) is 18.1.